The van der Waals surface area contributed by atoms with Crippen LogP contribution in [0.5, 0.6) is 0 Å². The summed E-state index contributed by atoms with van der Waals surface area (Å²) in [5.74, 6) is -0.563. The zero-order valence-corrected chi connectivity index (χ0v) is 10.9. The van der Waals surface area contributed by atoms with Crippen molar-refractivity contribution in [1.82, 2.24) is 5.32 Å². The van der Waals surface area contributed by atoms with Crippen LogP contribution >= 0.6 is 0 Å². The van der Waals surface area contributed by atoms with Crippen LogP contribution in [0.3, 0.4) is 0 Å². The largest absolute Gasteiger partial charge is 0.365 e. The van der Waals surface area contributed by atoms with Crippen molar-refractivity contribution in [2.75, 3.05) is 23.3 Å². The van der Waals surface area contributed by atoms with Crippen LogP contribution in [0.1, 0.15) is 12.8 Å². The molecule has 1 unspecified atom stereocenters. The van der Waals surface area contributed by atoms with Crippen LogP contribution in [0.15, 0.2) is 24.3 Å². The van der Waals surface area contributed by atoms with E-state index in [0.29, 0.717) is 5.69 Å². The number of nitro groups is 1. The summed E-state index contributed by atoms with van der Waals surface area (Å²) >= 11 is 0. The number of benzene rings is 1. The maximum Gasteiger partial charge on any atom is 0.365 e. The van der Waals surface area contributed by atoms with Gasteiger partial charge in [-0.1, -0.05) is 12.1 Å². The summed E-state index contributed by atoms with van der Waals surface area (Å²) < 4.78 is 0. The lowest BCUT2D eigenvalue weighted by Gasteiger charge is -2.40. The number of hydrogen-bond acceptors (Lipinski definition) is 5. The SMILES string of the molecule is O=C1Nc2ccccc2N(C2CCNCC2)C1[N+](=O)[O-]. The van der Waals surface area contributed by atoms with E-state index in [1.807, 2.05) is 18.2 Å². The average Bonchev–Trinajstić information content (AvgIpc) is 2.46. The molecule has 7 heteroatoms. The molecule has 1 aromatic carbocycles. The Morgan fingerprint density at radius 1 is 1.25 bits per heavy atom. The van der Waals surface area contributed by atoms with Gasteiger partial charge < -0.3 is 10.6 Å². The molecular weight excluding hydrogens is 260 g/mol. The van der Waals surface area contributed by atoms with Gasteiger partial charge >= 0.3 is 12.1 Å². The number of para-hydroxylation sites is 2. The summed E-state index contributed by atoms with van der Waals surface area (Å²) in [6.07, 6.45) is 0.255. The molecule has 2 aliphatic heterocycles. The van der Waals surface area contributed by atoms with Crippen LogP contribution < -0.4 is 15.5 Å². The molecule has 1 saturated heterocycles. The van der Waals surface area contributed by atoms with Crippen LogP contribution in [-0.4, -0.2) is 36.1 Å². The van der Waals surface area contributed by atoms with Crippen LogP contribution in [0, 0.1) is 10.1 Å². The van der Waals surface area contributed by atoms with Gasteiger partial charge in [-0.15, -0.1) is 0 Å². The van der Waals surface area contributed by atoms with E-state index in [-0.39, 0.29) is 6.04 Å². The second-order valence-corrected chi connectivity index (χ2v) is 5.05. The summed E-state index contributed by atoms with van der Waals surface area (Å²) in [4.78, 5) is 24.5. The number of amides is 1. The highest BCUT2D eigenvalue weighted by Crippen LogP contribution is 2.35. The summed E-state index contributed by atoms with van der Waals surface area (Å²) in [6.45, 7) is 1.63. The maximum absolute atomic E-state index is 12.0. The molecule has 0 aromatic heterocycles. The van der Waals surface area contributed by atoms with Crippen molar-refractivity contribution in [2.24, 2.45) is 0 Å². The first kappa shape index (κ1) is 12.9. The van der Waals surface area contributed by atoms with E-state index in [2.05, 4.69) is 10.6 Å². The highest BCUT2D eigenvalue weighted by Gasteiger charge is 2.45. The van der Waals surface area contributed by atoms with Crippen molar-refractivity contribution in [3.8, 4) is 0 Å². The van der Waals surface area contributed by atoms with Gasteiger partial charge in [-0.2, -0.15) is 0 Å². The Kier molecular flexibility index (Phi) is 3.27. The highest BCUT2D eigenvalue weighted by atomic mass is 16.6. The minimum Gasteiger partial charge on any atom is -0.317 e. The number of rotatable bonds is 2. The fourth-order valence-corrected chi connectivity index (χ4v) is 2.94. The molecule has 1 amide bonds. The molecule has 20 heavy (non-hydrogen) atoms. The fourth-order valence-electron chi connectivity index (χ4n) is 2.94. The third kappa shape index (κ3) is 2.09. The van der Waals surface area contributed by atoms with Gasteiger partial charge in [-0.3, -0.25) is 19.8 Å². The first-order valence-electron chi connectivity index (χ1n) is 6.71. The van der Waals surface area contributed by atoms with E-state index in [9.17, 15) is 14.9 Å². The van der Waals surface area contributed by atoms with Gasteiger partial charge in [-0.25, -0.2) is 0 Å². The molecule has 2 aliphatic rings. The van der Waals surface area contributed by atoms with Gasteiger partial charge in [0.05, 0.1) is 16.3 Å². The first-order chi connectivity index (χ1) is 9.68. The minimum atomic E-state index is -1.34. The summed E-state index contributed by atoms with van der Waals surface area (Å²) in [6, 6.07) is 7.26. The number of carbonyl (C=O) groups excluding carboxylic acids is 1. The van der Waals surface area contributed by atoms with Gasteiger partial charge in [0.2, 0.25) is 0 Å². The Hall–Kier alpha value is -2.15. The molecule has 1 fully saturated rings. The van der Waals surface area contributed by atoms with Crippen molar-refractivity contribution in [2.45, 2.75) is 25.0 Å². The summed E-state index contributed by atoms with van der Waals surface area (Å²) in [7, 11) is 0. The van der Waals surface area contributed by atoms with E-state index in [1.165, 1.54) is 0 Å². The molecule has 0 aliphatic carbocycles. The second kappa shape index (κ2) is 5.09. The number of carbonyl (C=O) groups is 1. The van der Waals surface area contributed by atoms with Crippen molar-refractivity contribution in [1.29, 1.82) is 0 Å². The quantitative estimate of drug-likeness (QED) is 0.616. The van der Waals surface area contributed by atoms with Crippen LogP contribution in [0.4, 0.5) is 11.4 Å². The molecular formula is C13H16N4O3. The standard InChI is InChI=1S/C13H16N4O3/c18-12-13(17(19)20)16(9-5-7-14-8-6-9)11-4-2-1-3-10(11)15-12/h1-4,9,13-14H,5-8H2,(H,15,18). The Morgan fingerprint density at radius 2 is 1.95 bits per heavy atom. The van der Waals surface area contributed by atoms with Gasteiger partial charge in [0, 0.05) is 6.04 Å². The van der Waals surface area contributed by atoms with Crippen LogP contribution in [-0.2, 0) is 4.79 Å². The second-order valence-electron chi connectivity index (χ2n) is 5.05. The molecule has 3 rings (SSSR count). The van der Waals surface area contributed by atoms with Gasteiger partial charge in [0.25, 0.3) is 0 Å². The summed E-state index contributed by atoms with van der Waals surface area (Å²) in [5.41, 5.74) is 1.38. The lowest BCUT2D eigenvalue weighted by molar-refractivity contribution is -0.507. The summed E-state index contributed by atoms with van der Waals surface area (Å²) in [5, 5.41) is 17.2. The van der Waals surface area contributed by atoms with E-state index >= 15 is 0 Å². The number of hydrogen-bond donors (Lipinski definition) is 2. The Labute approximate surface area is 116 Å². The van der Waals surface area contributed by atoms with Crippen LogP contribution in [0.2, 0.25) is 0 Å². The van der Waals surface area contributed by atoms with Crippen molar-refractivity contribution < 1.29 is 9.72 Å². The molecule has 0 saturated carbocycles. The molecule has 1 atom stereocenters. The Bertz CT molecular complexity index is 542. The number of piperidine rings is 1. The first-order valence-corrected chi connectivity index (χ1v) is 6.71. The molecule has 7 nitrogen and oxygen atoms in total. The van der Waals surface area contributed by atoms with Crippen LogP contribution in [0.25, 0.3) is 0 Å². The molecule has 1 aromatic rings. The molecule has 0 bridgehead atoms. The van der Waals surface area contributed by atoms with E-state index < -0.39 is 17.0 Å². The number of fused-ring (bicyclic) bond motifs is 1. The zero-order valence-electron chi connectivity index (χ0n) is 10.9. The normalized spacial score (nSPS) is 23.1. The predicted octanol–water partition coefficient (Wildman–Crippen LogP) is 0.800. The molecule has 2 heterocycles. The molecule has 2 N–H and O–H groups in total. The highest BCUT2D eigenvalue weighted by molar-refractivity contribution is 6.02. The van der Waals surface area contributed by atoms with E-state index in [4.69, 9.17) is 0 Å². The van der Waals surface area contributed by atoms with Gasteiger partial charge in [0.15, 0.2) is 0 Å². The lowest BCUT2D eigenvalue weighted by atomic mass is 10.0. The Morgan fingerprint density at radius 3 is 2.65 bits per heavy atom. The fraction of sp³-hybridized carbons (Fsp3) is 0.462. The van der Waals surface area contributed by atoms with Gasteiger partial charge in [0.1, 0.15) is 0 Å². The number of anilines is 2. The van der Waals surface area contributed by atoms with Crippen molar-refractivity contribution in [3.63, 3.8) is 0 Å². The third-order valence-corrected chi connectivity index (χ3v) is 3.84. The van der Waals surface area contributed by atoms with E-state index in [1.54, 1.807) is 11.0 Å². The smallest absolute Gasteiger partial charge is 0.317 e. The number of nitrogens with one attached hydrogen (secondary N) is 2. The third-order valence-electron chi connectivity index (χ3n) is 3.84. The van der Waals surface area contributed by atoms with Crippen molar-refractivity contribution >= 4 is 17.3 Å². The average molecular weight is 276 g/mol. The van der Waals surface area contributed by atoms with Crippen molar-refractivity contribution in [3.05, 3.63) is 34.4 Å². The van der Waals surface area contributed by atoms with Gasteiger partial charge in [-0.05, 0) is 38.1 Å². The zero-order chi connectivity index (χ0) is 14.1. The monoisotopic (exact) mass is 276 g/mol. The number of nitrogens with zero attached hydrogens (tertiary/aromatic N) is 2. The molecule has 106 valence electrons. The molecule has 0 radical (unpaired) electrons. The Balaban J connectivity index is 2.04. The maximum atomic E-state index is 12.0. The minimum absolute atomic E-state index is 0.0128. The molecule has 0 spiro atoms. The predicted molar refractivity (Wildman–Crippen MR) is 74.2 cm³/mol. The van der Waals surface area contributed by atoms with E-state index in [0.717, 1.165) is 31.6 Å². The lowest BCUT2D eigenvalue weighted by Crippen LogP contribution is -2.58. The topological polar surface area (TPSA) is 87.5 Å².